The molecule has 0 aliphatic heterocycles. The van der Waals surface area contributed by atoms with Crippen LogP contribution in [0.5, 0.6) is 0 Å². The maximum absolute atomic E-state index is 11.5. The number of fused-ring (bicyclic) bond motifs is 6. The zero-order chi connectivity index (χ0) is 38.1. The monoisotopic (exact) mass is 719 g/mol. The number of aryl methyl sites for hydroxylation is 4. The number of hydrogen-bond donors (Lipinski definition) is 0. The summed E-state index contributed by atoms with van der Waals surface area (Å²) in [6, 6.07) is 56.5. The third-order valence-corrected chi connectivity index (χ3v) is 11.2. The summed E-state index contributed by atoms with van der Waals surface area (Å²) in [5.41, 5.74) is 15.9. The van der Waals surface area contributed by atoms with Crippen molar-refractivity contribution >= 4 is 43.6 Å². The largest absolute Gasteiger partial charge is 0.308 e. The quantitative estimate of drug-likeness (QED) is 0.178. The zero-order valence-electron chi connectivity index (χ0n) is 31.7. The Morgan fingerprint density at radius 3 is 1.39 bits per heavy atom. The van der Waals surface area contributed by atoms with Gasteiger partial charge in [-0.05, 0) is 104 Å². The second-order valence-electron chi connectivity index (χ2n) is 14.7. The third-order valence-electron chi connectivity index (χ3n) is 11.2. The number of rotatable bonds is 5. The summed E-state index contributed by atoms with van der Waals surface area (Å²) >= 11 is 0. The Hall–Kier alpha value is -7.29. The maximum Gasteiger partial charge on any atom is 0.126 e. The molecule has 10 aromatic rings. The van der Waals surface area contributed by atoms with Crippen molar-refractivity contribution in [1.82, 2.24) is 19.1 Å². The van der Waals surface area contributed by atoms with Crippen LogP contribution in [0.15, 0.2) is 152 Å². The fraction of sp³-hybridized carbons (Fsp3) is 0.0784. The lowest BCUT2D eigenvalue weighted by Gasteiger charge is -2.19. The van der Waals surface area contributed by atoms with Crippen LogP contribution in [0, 0.1) is 39.0 Å². The zero-order valence-corrected chi connectivity index (χ0v) is 31.7. The number of benzene rings is 7. The van der Waals surface area contributed by atoms with Crippen molar-refractivity contribution in [2.45, 2.75) is 27.7 Å². The lowest BCUT2D eigenvalue weighted by atomic mass is 9.99. The van der Waals surface area contributed by atoms with Crippen molar-refractivity contribution in [2.24, 2.45) is 0 Å². The van der Waals surface area contributed by atoms with Crippen LogP contribution < -0.4 is 0 Å². The van der Waals surface area contributed by atoms with Crippen LogP contribution in [0.4, 0.5) is 0 Å². The Bertz CT molecular complexity index is 3060. The summed E-state index contributed by atoms with van der Waals surface area (Å²) in [6.07, 6.45) is 0. The van der Waals surface area contributed by atoms with Gasteiger partial charge in [0.25, 0.3) is 0 Å². The molecule has 0 saturated carbocycles. The number of hydrogen-bond acceptors (Lipinski definition) is 3. The molecular formula is C51H37N5. The van der Waals surface area contributed by atoms with Gasteiger partial charge in [0.2, 0.25) is 0 Å². The van der Waals surface area contributed by atoms with Crippen LogP contribution in [0.1, 0.15) is 28.2 Å². The Balaban J connectivity index is 1.36. The van der Waals surface area contributed by atoms with Crippen LogP contribution in [-0.2, 0) is 0 Å². The molecule has 0 N–H and O–H groups in total. The highest BCUT2D eigenvalue weighted by atomic mass is 15.0. The molecule has 3 aromatic heterocycles. The summed E-state index contributed by atoms with van der Waals surface area (Å²) in [7, 11) is 0. The van der Waals surface area contributed by atoms with Crippen molar-refractivity contribution in [1.29, 1.82) is 5.26 Å². The highest BCUT2D eigenvalue weighted by molar-refractivity contribution is 6.12. The van der Waals surface area contributed by atoms with Crippen LogP contribution in [-0.4, -0.2) is 19.1 Å². The van der Waals surface area contributed by atoms with Crippen molar-refractivity contribution in [3.8, 4) is 51.0 Å². The van der Waals surface area contributed by atoms with Gasteiger partial charge < -0.3 is 9.13 Å². The summed E-state index contributed by atoms with van der Waals surface area (Å²) in [5.74, 6) is 0.701. The van der Waals surface area contributed by atoms with E-state index in [-0.39, 0.29) is 0 Å². The highest BCUT2D eigenvalue weighted by Crippen LogP contribution is 2.42. The first-order valence-corrected chi connectivity index (χ1v) is 19.0. The number of nitriles is 1. The van der Waals surface area contributed by atoms with E-state index in [2.05, 4.69) is 180 Å². The first-order chi connectivity index (χ1) is 27.4. The fourth-order valence-electron chi connectivity index (χ4n) is 8.68. The average Bonchev–Trinajstić information content (AvgIpc) is 3.72. The molecule has 0 radical (unpaired) electrons. The predicted molar refractivity (Wildman–Crippen MR) is 231 cm³/mol. The third kappa shape index (κ3) is 5.22. The number of para-hydroxylation sites is 2. The minimum atomic E-state index is 0.573. The minimum absolute atomic E-state index is 0.573. The normalized spacial score (nSPS) is 11.6. The molecule has 0 atom stereocenters. The molecule has 0 bridgehead atoms. The molecule has 0 aliphatic rings. The van der Waals surface area contributed by atoms with E-state index < -0.39 is 0 Å². The van der Waals surface area contributed by atoms with E-state index in [4.69, 9.17) is 4.98 Å². The van der Waals surface area contributed by atoms with Gasteiger partial charge in [-0.25, -0.2) is 9.97 Å². The van der Waals surface area contributed by atoms with Crippen molar-refractivity contribution in [2.75, 3.05) is 0 Å². The SMILES string of the molecule is Cc1cc(-c2cc(-n3c4ccccc4c4ccc(-c5ccccc5C)cc43)c(C#N)c(-n3c4ccccc4c4ccc(-c5ccccc5C)cc43)c2)nc(C)n1. The Morgan fingerprint density at radius 1 is 0.446 bits per heavy atom. The van der Waals surface area contributed by atoms with Crippen molar-refractivity contribution in [3.05, 3.63) is 180 Å². The average molecular weight is 720 g/mol. The molecule has 0 fully saturated rings. The van der Waals surface area contributed by atoms with Gasteiger partial charge in [0, 0.05) is 32.8 Å². The molecule has 5 heteroatoms. The number of aromatic nitrogens is 4. The molecule has 0 amide bonds. The van der Waals surface area contributed by atoms with Crippen LogP contribution in [0.2, 0.25) is 0 Å². The summed E-state index contributed by atoms with van der Waals surface area (Å²) in [4.78, 5) is 9.59. The topological polar surface area (TPSA) is 59.4 Å². The molecule has 0 unspecified atom stereocenters. The fourth-order valence-corrected chi connectivity index (χ4v) is 8.68. The summed E-state index contributed by atoms with van der Waals surface area (Å²) in [6.45, 7) is 8.24. The van der Waals surface area contributed by atoms with Gasteiger partial charge in [-0.3, -0.25) is 0 Å². The number of nitrogens with zero attached hydrogens (tertiary/aromatic N) is 5. The molecular weight excluding hydrogens is 683 g/mol. The predicted octanol–water partition coefficient (Wildman–Crippen LogP) is 12.8. The van der Waals surface area contributed by atoms with Crippen molar-refractivity contribution in [3.63, 3.8) is 0 Å². The Labute approximate surface area is 325 Å². The van der Waals surface area contributed by atoms with Crippen LogP contribution in [0.25, 0.3) is 88.5 Å². The second-order valence-corrected chi connectivity index (χ2v) is 14.7. The minimum Gasteiger partial charge on any atom is -0.308 e. The Kier molecular flexibility index (Phi) is 7.69. The summed E-state index contributed by atoms with van der Waals surface area (Å²) in [5, 5.41) is 16.0. The maximum atomic E-state index is 11.5. The van der Waals surface area contributed by atoms with E-state index in [0.29, 0.717) is 11.4 Å². The second kappa shape index (κ2) is 12.9. The van der Waals surface area contributed by atoms with Crippen LogP contribution >= 0.6 is 0 Å². The first kappa shape index (κ1) is 33.3. The lowest BCUT2D eigenvalue weighted by Crippen LogP contribution is -2.06. The molecule has 0 spiro atoms. The van der Waals surface area contributed by atoms with Gasteiger partial charge in [-0.15, -0.1) is 0 Å². The molecule has 0 saturated heterocycles. The Morgan fingerprint density at radius 2 is 0.911 bits per heavy atom. The lowest BCUT2D eigenvalue weighted by molar-refractivity contribution is 1.01. The molecule has 10 rings (SSSR count). The molecule has 7 aromatic carbocycles. The van der Waals surface area contributed by atoms with Gasteiger partial charge in [-0.2, -0.15) is 5.26 Å². The smallest absolute Gasteiger partial charge is 0.126 e. The summed E-state index contributed by atoms with van der Waals surface area (Å²) < 4.78 is 4.57. The van der Waals surface area contributed by atoms with Crippen molar-refractivity contribution < 1.29 is 0 Å². The van der Waals surface area contributed by atoms with E-state index in [0.717, 1.165) is 83.1 Å². The van der Waals surface area contributed by atoms with Gasteiger partial charge in [-0.1, -0.05) is 109 Å². The highest BCUT2D eigenvalue weighted by Gasteiger charge is 2.23. The molecule has 266 valence electrons. The van der Waals surface area contributed by atoms with E-state index in [1.807, 2.05) is 19.9 Å². The van der Waals surface area contributed by atoms with Gasteiger partial charge in [0.1, 0.15) is 17.5 Å². The molecule has 5 nitrogen and oxygen atoms in total. The van der Waals surface area contributed by atoms with E-state index in [1.165, 1.54) is 22.3 Å². The van der Waals surface area contributed by atoms with Crippen LogP contribution in [0.3, 0.4) is 0 Å². The van der Waals surface area contributed by atoms with E-state index in [1.54, 1.807) is 0 Å². The standard InChI is InChI=1S/C51H37N5/c1-31-13-5-7-15-38(31)35-21-23-42-40-17-9-11-19-46(40)55(48(42)26-35)50-28-37(45-25-33(3)53-34(4)54-45)29-51(44(50)30-52)56-47-20-12-10-18-41(47)43-24-22-36(27-49(43)56)39-16-8-6-14-32(39)2/h5-29H,1-4H3. The molecule has 3 heterocycles. The molecule has 0 aliphatic carbocycles. The van der Waals surface area contributed by atoms with Gasteiger partial charge >= 0.3 is 0 Å². The van der Waals surface area contributed by atoms with Gasteiger partial charge in [0.15, 0.2) is 0 Å². The molecule has 56 heavy (non-hydrogen) atoms. The van der Waals surface area contributed by atoms with E-state index >= 15 is 0 Å². The first-order valence-electron chi connectivity index (χ1n) is 19.0. The van der Waals surface area contributed by atoms with Gasteiger partial charge in [0.05, 0.1) is 39.1 Å². The van der Waals surface area contributed by atoms with E-state index in [9.17, 15) is 5.26 Å².